The molecule has 0 bridgehead atoms. The number of imidazole rings is 1. The zero-order chi connectivity index (χ0) is 13.9. The van der Waals surface area contributed by atoms with Crippen molar-refractivity contribution in [2.75, 3.05) is 26.2 Å². The smallest absolute Gasteiger partial charge is 0.151 e. The molecule has 1 N–H and O–H groups in total. The molecule has 0 unspecified atom stereocenters. The molecule has 1 aliphatic heterocycles. The Kier molecular flexibility index (Phi) is 3.98. The summed E-state index contributed by atoms with van der Waals surface area (Å²) in [4.78, 5) is 6.93. The van der Waals surface area contributed by atoms with Crippen molar-refractivity contribution in [3.05, 3.63) is 29.8 Å². The van der Waals surface area contributed by atoms with Crippen LogP contribution in [-0.4, -0.2) is 40.6 Å². The molecular weight excluding hydrogens is 255 g/mol. The van der Waals surface area contributed by atoms with Crippen LogP contribution in [0.4, 0.5) is 4.39 Å². The molecule has 0 amide bonds. The van der Waals surface area contributed by atoms with Crippen LogP contribution in [-0.2, 0) is 13.1 Å². The van der Waals surface area contributed by atoms with E-state index in [0.717, 1.165) is 57.0 Å². The van der Waals surface area contributed by atoms with Crippen molar-refractivity contribution >= 4 is 11.0 Å². The lowest BCUT2D eigenvalue weighted by Gasteiger charge is -2.19. The Bertz CT molecular complexity index is 585. The third-order valence-electron chi connectivity index (χ3n) is 3.92. The lowest BCUT2D eigenvalue weighted by Crippen LogP contribution is -2.29. The molecule has 1 saturated heterocycles. The van der Waals surface area contributed by atoms with Gasteiger partial charge in [0, 0.05) is 19.6 Å². The van der Waals surface area contributed by atoms with Gasteiger partial charge >= 0.3 is 0 Å². The van der Waals surface area contributed by atoms with Crippen molar-refractivity contribution in [1.82, 2.24) is 19.8 Å². The highest BCUT2D eigenvalue weighted by molar-refractivity contribution is 5.76. The molecule has 0 radical (unpaired) electrons. The lowest BCUT2D eigenvalue weighted by molar-refractivity contribution is 0.274. The molecule has 1 fully saturated rings. The lowest BCUT2D eigenvalue weighted by atomic mass is 10.3. The number of hydrogen-bond donors (Lipinski definition) is 1. The fourth-order valence-corrected chi connectivity index (χ4v) is 2.89. The summed E-state index contributed by atoms with van der Waals surface area (Å²) in [6, 6.07) is 5.18. The first-order valence-electron chi connectivity index (χ1n) is 7.36. The van der Waals surface area contributed by atoms with Gasteiger partial charge in [0.15, 0.2) is 5.82 Å². The second-order valence-corrected chi connectivity index (χ2v) is 5.26. The van der Waals surface area contributed by atoms with Crippen molar-refractivity contribution in [2.24, 2.45) is 0 Å². The van der Waals surface area contributed by atoms with Crippen LogP contribution in [0.2, 0.25) is 0 Å². The van der Waals surface area contributed by atoms with Crippen LogP contribution in [0.1, 0.15) is 19.2 Å². The van der Waals surface area contributed by atoms with Gasteiger partial charge in [0.05, 0.1) is 12.1 Å². The Balaban J connectivity index is 1.92. The third kappa shape index (κ3) is 2.55. The van der Waals surface area contributed by atoms with Gasteiger partial charge in [-0.05, 0) is 38.6 Å². The van der Waals surface area contributed by atoms with Gasteiger partial charge < -0.3 is 9.88 Å². The summed E-state index contributed by atoms with van der Waals surface area (Å²) in [5.41, 5.74) is 1.40. The molecule has 0 atom stereocenters. The number of benzene rings is 1. The molecule has 0 saturated carbocycles. The normalized spacial score (nSPS) is 17.5. The van der Waals surface area contributed by atoms with Crippen LogP contribution < -0.4 is 5.32 Å². The standard InChI is InChI=1S/C15H21FN4/c1-2-20-13-6-3-5-12(16)15(13)18-14(20)11-19-9-4-7-17-8-10-19/h3,5-6,17H,2,4,7-11H2,1H3. The summed E-state index contributed by atoms with van der Waals surface area (Å²) in [5.74, 6) is 0.739. The molecule has 3 rings (SSSR count). The maximum Gasteiger partial charge on any atom is 0.151 e. The molecule has 1 aliphatic rings. The number of halogens is 1. The topological polar surface area (TPSA) is 33.1 Å². The van der Waals surface area contributed by atoms with Crippen LogP contribution in [0, 0.1) is 5.82 Å². The molecule has 2 heterocycles. The molecule has 20 heavy (non-hydrogen) atoms. The van der Waals surface area contributed by atoms with Gasteiger partial charge in [0.1, 0.15) is 11.3 Å². The van der Waals surface area contributed by atoms with Crippen LogP contribution in [0.25, 0.3) is 11.0 Å². The minimum absolute atomic E-state index is 0.228. The number of aromatic nitrogens is 2. The molecule has 108 valence electrons. The summed E-state index contributed by atoms with van der Waals surface area (Å²) in [7, 11) is 0. The maximum absolute atomic E-state index is 13.9. The van der Waals surface area contributed by atoms with Crippen LogP contribution in [0.3, 0.4) is 0 Å². The van der Waals surface area contributed by atoms with Gasteiger partial charge in [-0.15, -0.1) is 0 Å². The average molecular weight is 276 g/mol. The number of fused-ring (bicyclic) bond motifs is 1. The molecule has 4 nitrogen and oxygen atoms in total. The highest BCUT2D eigenvalue weighted by Crippen LogP contribution is 2.20. The van der Waals surface area contributed by atoms with Gasteiger partial charge in [-0.25, -0.2) is 9.37 Å². The number of nitrogens with zero attached hydrogens (tertiary/aromatic N) is 3. The molecular formula is C15H21FN4. The summed E-state index contributed by atoms with van der Waals surface area (Å²) in [6.45, 7) is 7.89. The predicted octanol–water partition coefficient (Wildman–Crippen LogP) is 1.99. The van der Waals surface area contributed by atoms with Crippen molar-refractivity contribution in [3.63, 3.8) is 0 Å². The number of hydrogen-bond acceptors (Lipinski definition) is 3. The van der Waals surface area contributed by atoms with Crippen molar-refractivity contribution in [3.8, 4) is 0 Å². The first-order chi connectivity index (χ1) is 9.79. The van der Waals surface area contributed by atoms with E-state index in [-0.39, 0.29) is 5.82 Å². The first kappa shape index (κ1) is 13.5. The van der Waals surface area contributed by atoms with Gasteiger partial charge in [-0.2, -0.15) is 0 Å². The predicted molar refractivity (Wildman–Crippen MR) is 78.1 cm³/mol. The van der Waals surface area contributed by atoms with Gasteiger partial charge in [0.25, 0.3) is 0 Å². The third-order valence-corrected chi connectivity index (χ3v) is 3.92. The molecule has 2 aromatic rings. The Morgan fingerprint density at radius 1 is 1.30 bits per heavy atom. The molecule has 1 aromatic heterocycles. The SMILES string of the molecule is CCn1c(CN2CCCNCC2)nc2c(F)cccc21. The summed E-state index contributed by atoms with van der Waals surface area (Å²) in [6.07, 6.45) is 1.15. The summed E-state index contributed by atoms with van der Waals surface area (Å²) < 4.78 is 16.0. The minimum Gasteiger partial charge on any atom is -0.327 e. The van der Waals surface area contributed by atoms with E-state index in [0.29, 0.717) is 5.52 Å². The Hall–Kier alpha value is -1.46. The highest BCUT2D eigenvalue weighted by atomic mass is 19.1. The van der Waals surface area contributed by atoms with Crippen LogP contribution in [0.15, 0.2) is 18.2 Å². The van der Waals surface area contributed by atoms with Gasteiger partial charge in [-0.3, -0.25) is 4.90 Å². The van der Waals surface area contributed by atoms with E-state index in [9.17, 15) is 4.39 Å². The Morgan fingerprint density at radius 2 is 2.20 bits per heavy atom. The van der Waals surface area contributed by atoms with Crippen LogP contribution in [0.5, 0.6) is 0 Å². The molecule has 5 heteroatoms. The van der Waals surface area contributed by atoms with E-state index in [1.165, 1.54) is 6.07 Å². The van der Waals surface area contributed by atoms with E-state index in [2.05, 4.69) is 26.7 Å². The molecule has 1 aromatic carbocycles. The maximum atomic E-state index is 13.9. The Labute approximate surface area is 118 Å². The monoisotopic (exact) mass is 276 g/mol. The fourth-order valence-electron chi connectivity index (χ4n) is 2.89. The van der Waals surface area contributed by atoms with E-state index in [1.807, 2.05) is 6.07 Å². The van der Waals surface area contributed by atoms with E-state index in [1.54, 1.807) is 6.07 Å². The van der Waals surface area contributed by atoms with Crippen LogP contribution >= 0.6 is 0 Å². The van der Waals surface area contributed by atoms with Crippen molar-refractivity contribution < 1.29 is 4.39 Å². The van der Waals surface area contributed by atoms with E-state index in [4.69, 9.17) is 0 Å². The molecule has 0 aliphatic carbocycles. The number of para-hydroxylation sites is 1. The minimum atomic E-state index is -0.228. The summed E-state index contributed by atoms with van der Waals surface area (Å²) in [5, 5.41) is 3.40. The quantitative estimate of drug-likeness (QED) is 0.930. The second-order valence-electron chi connectivity index (χ2n) is 5.26. The Morgan fingerprint density at radius 3 is 3.05 bits per heavy atom. The number of aryl methyl sites for hydroxylation is 1. The van der Waals surface area contributed by atoms with Crippen molar-refractivity contribution in [2.45, 2.75) is 26.4 Å². The zero-order valence-corrected chi connectivity index (χ0v) is 11.9. The average Bonchev–Trinajstić information content (AvgIpc) is 2.62. The van der Waals surface area contributed by atoms with Gasteiger partial charge in [-0.1, -0.05) is 6.07 Å². The fraction of sp³-hybridized carbons (Fsp3) is 0.533. The first-order valence-corrected chi connectivity index (χ1v) is 7.36. The van der Waals surface area contributed by atoms with E-state index >= 15 is 0 Å². The second kappa shape index (κ2) is 5.89. The largest absolute Gasteiger partial charge is 0.327 e. The molecule has 0 spiro atoms. The summed E-state index contributed by atoms with van der Waals surface area (Å²) >= 11 is 0. The van der Waals surface area contributed by atoms with E-state index < -0.39 is 0 Å². The highest BCUT2D eigenvalue weighted by Gasteiger charge is 2.16. The van der Waals surface area contributed by atoms with Crippen molar-refractivity contribution in [1.29, 1.82) is 0 Å². The number of rotatable bonds is 3. The number of nitrogens with one attached hydrogen (secondary N) is 1. The zero-order valence-electron chi connectivity index (χ0n) is 11.9. The van der Waals surface area contributed by atoms with Gasteiger partial charge in [0.2, 0.25) is 0 Å².